The molecule has 1 saturated heterocycles. The van der Waals surface area contributed by atoms with Crippen LogP contribution in [0.15, 0.2) is 24.3 Å². The van der Waals surface area contributed by atoms with E-state index >= 15 is 0 Å². The highest BCUT2D eigenvalue weighted by Gasteiger charge is 2.25. The average molecular weight is 396 g/mol. The van der Waals surface area contributed by atoms with Crippen molar-refractivity contribution in [1.29, 1.82) is 0 Å². The molecule has 2 N–H and O–H groups in total. The molecule has 0 saturated carbocycles. The Balaban J connectivity index is 1.68. The van der Waals surface area contributed by atoms with Crippen molar-refractivity contribution in [3.63, 3.8) is 0 Å². The Hall–Kier alpha value is -1.63. The van der Waals surface area contributed by atoms with E-state index in [2.05, 4.69) is 15.5 Å². The molecule has 1 aliphatic rings. The third kappa shape index (κ3) is 7.48. The monoisotopic (exact) mass is 395 g/mol. The number of nitrogens with zero attached hydrogens (tertiary/aromatic N) is 1. The molecular formula is C20H30ClN3O3. The second-order valence-electron chi connectivity index (χ2n) is 7.03. The average Bonchev–Trinajstić information content (AvgIpc) is 2.66. The van der Waals surface area contributed by atoms with Gasteiger partial charge in [-0.1, -0.05) is 23.7 Å². The molecule has 1 heterocycles. The summed E-state index contributed by atoms with van der Waals surface area (Å²) in [6.45, 7) is 5.15. The number of methoxy groups -OCH3 is 1. The van der Waals surface area contributed by atoms with Crippen LogP contribution >= 0.6 is 11.6 Å². The van der Waals surface area contributed by atoms with Crippen molar-refractivity contribution in [3.8, 4) is 0 Å². The second-order valence-corrected chi connectivity index (χ2v) is 7.46. The Kier molecular flexibility index (Phi) is 9.04. The summed E-state index contributed by atoms with van der Waals surface area (Å²) in [6.07, 6.45) is 2.40. The highest BCUT2D eigenvalue weighted by atomic mass is 35.5. The van der Waals surface area contributed by atoms with Crippen LogP contribution < -0.4 is 10.6 Å². The van der Waals surface area contributed by atoms with Crippen molar-refractivity contribution >= 4 is 23.4 Å². The minimum atomic E-state index is -0.0646. The van der Waals surface area contributed by atoms with Gasteiger partial charge >= 0.3 is 0 Å². The van der Waals surface area contributed by atoms with E-state index in [0.717, 1.165) is 37.9 Å². The molecule has 6 nitrogen and oxygen atoms in total. The minimum absolute atomic E-state index is 0.0000767. The maximum absolute atomic E-state index is 12.3. The van der Waals surface area contributed by atoms with Crippen LogP contribution in [0, 0.1) is 5.92 Å². The molecule has 1 fully saturated rings. The van der Waals surface area contributed by atoms with E-state index in [4.69, 9.17) is 16.3 Å². The van der Waals surface area contributed by atoms with Crippen LogP contribution in [0.4, 0.5) is 0 Å². The van der Waals surface area contributed by atoms with Crippen molar-refractivity contribution < 1.29 is 14.3 Å². The molecule has 1 atom stereocenters. The Morgan fingerprint density at radius 2 is 1.93 bits per heavy atom. The van der Waals surface area contributed by atoms with Gasteiger partial charge in [0.1, 0.15) is 0 Å². The number of rotatable bonds is 9. The van der Waals surface area contributed by atoms with Gasteiger partial charge in [-0.3, -0.25) is 14.5 Å². The number of carbonyl (C=O) groups is 2. The first-order valence-corrected chi connectivity index (χ1v) is 9.91. The Morgan fingerprint density at radius 3 is 2.56 bits per heavy atom. The fraction of sp³-hybridized carbons (Fsp3) is 0.600. The zero-order chi connectivity index (χ0) is 19.6. The first-order valence-electron chi connectivity index (χ1n) is 9.53. The van der Waals surface area contributed by atoms with Crippen LogP contribution in [-0.4, -0.2) is 56.6 Å². The molecule has 0 bridgehead atoms. The molecule has 1 aromatic rings. The molecule has 0 aliphatic carbocycles. The number of likely N-dealkylation sites (tertiary alicyclic amines) is 1. The SMILES string of the molecule is COCCCNC(=O)C1CCN(CC(=O)NC(C)c2ccc(Cl)cc2)CC1. The summed E-state index contributed by atoms with van der Waals surface area (Å²) in [4.78, 5) is 26.6. The highest BCUT2D eigenvalue weighted by Crippen LogP contribution is 2.18. The topological polar surface area (TPSA) is 70.7 Å². The molecule has 27 heavy (non-hydrogen) atoms. The number of hydrogen-bond donors (Lipinski definition) is 2. The predicted molar refractivity (Wildman–Crippen MR) is 107 cm³/mol. The van der Waals surface area contributed by atoms with Crippen LogP contribution in [0.1, 0.15) is 37.8 Å². The molecule has 0 aromatic heterocycles. The molecule has 2 rings (SSSR count). The summed E-state index contributed by atoms with van der Waals surface area (Å²) < 4.78 is 4.98. The van der Waals surface area contributed by atoms with Gasteiger partial charge in [0.25, 0.3) is 0 Å². The fourth-order valence-electron chi connectivity index (χ4n) is 3.25. The number of ether oxygens (including phenoxy) is 1. The minimum Gasteiger partial charge on any atom is -0.385 e. The molecule has 0 radical (unpaired) electrons. The van der Waals surface area contributed by atoms with E-state index in [1.165, 1.54) is 0 Å². The molecule has 1 aromatic carbocycles. The molecular weight excluding hydrogens is 366 g/mol. The third-order valence-electron chi connectivity index (χ3n) is 4.90. The van der Waals surface area contributed by atoms with Gasteiger partial charge in [0.05, 0.1) is 12.6 Å². The Labute approximate surface area is 166 Å². The molecule has 150 valence electrons. The van der Waals surface area contributed by atoms with Crippen LogP contribution in [0.2, 0.25) is 5.02 Å². The molecule has 2 amide bonds. The van der Waals surface area contributed by atoms with Gasteiger partial charge in [0.2, 0.25) is 11.8 Å². The number of nitrogens with one attached hydrogen (secondary N) is 2. The van der Waals surface area contributed by atoms with E-state index in [-0.39, 0.29) is 23.8 Å². The van der Waals surface area contributed by atoms with Crippen molar-refractivity contribution in [1.82, 2.24) is 15.5 Å². The van der Waals surface area contributed by atoms with E-state index in [1.807, 2.05) is 31.2 Å². The Bertz CT molecular complexity index is 601. The number of benzene rings is 1. The lowest BCUT2D eigenvalue weighted by Gasteiger charge is -2.31. The molecule has 7 heteroatoms. The van der Waals surface area contributed by atoms with Gasteiger partial charge in [-0.2, -0.15) is 0 Å². The van der Waals surface area contributed by atoms with E-state index < -0.39 is 0 Å². The normalized spacial score (nSPS) is 16.7. The van der Waals surface area contributed by atoms with Gasteiger partial charge in [-0.15, -0.1) is 0 Å². The largest absolute Gasteiger partial charge is 0.385 e. The Morgan fingerprint density at radius 1 is 1.26 bits per heavy atom. The van der Waals surface area contributed by atoms with Gasteiger partial charge < -0.3 is 15.4 Å². The summed E-state index contributed by atoms with van der Waals surface area (Å²) in [5, 5.41) is 6.67. The first-order chi connectivity index (χ1) is 13.0. The van der Waals surface area contributed by atoms with Crippen LogP contribution in [0.3, 0.4) is 0 Å². The van der Waals surface area contributed by atoms with E-state index in [1.54, 1.807) is 7.11 Å². The van der Waals surface area contributed by atoms with Crippen molar-refractivity contribution in [3.05, 3.63) is 34.9 Å². The summed E-state index contributed by atoms with van der Waals surface area (Å²) in [6, 6.07) is 7.42. The number of hydrogen-bond acceptors (Lipinski definition) is 4. The summed E-state index contributed by atoms with van der Waals surface area (Å²) >= 11 is 5.90. The first kappa shape index (κ1) is 21.7. The molecule has 1 unspecified atom stereocenters. The number of halogens is 1. The highest BCUT2D eigenvalue weighted by molar-refractivity contribution is 6.30. The van der Waals surface area contributed by atoms with Crippen molar-refractivity contribution in [2.75, 3.05) is 39.9 Å². The van der Waals surface area contributed by atoms with Gasteiger partial charge in [-0.05, 0) is 57.0 Å². The summed E-state index contributed by atoms with van der Waals surface area (Å²) in [5.74, 6) is 0.159. The van der Waals surface area contributed by atoms with Gasteiger partial charge in [0.15, 0.2) is 0 Å². The second kappa shape index (κ2) is 11.3. The standard InChI is InChI=1S/C20H30ClN3O3/c1-15(16-4-6-18(21)7-5-16)23-19(25)14-24-11-8-17(9-12-24)20(26)22-10-3-13-27-2/h4-7,15,17H,3,8-14H2,1-2H3,(H,22,26)(H,23,25). The smallest absolute Gasteiger partial charge is 0.234 e. The van der Waals surface area contributed by atoms with Gasteiger partial charge in [-0.25, -0.2) is 0 Å². The zero-order valence-electron chi connectivity index (χ0n) is 16.2. The summed E-state index contributed by atoms with van der Waals surface area (Å²) in [7, 11) is 1.66. The molecule has 0 spiro atoms. The number of piperidine rings is 1. The lowest BCUT2D eigenvalue weighted by atomic mass is 9.96. The number of carbonyl (C=O) groups excluding carboxylic acids is 2. The fourth-order valence-corrected chi connectivity index (χ4v) is 3.38. The quantitative estimate of drug-likeness (QED) is 0.630. The third-order valence-corrected chi connectivity index (χ3v) is 5.15. The summed E-state index contributed by atoms with van der Waals surface area (Å²) in [5.41, 5.74) is 1.02. The van der Waals surface area contributed by atoms with Crippen LogP contribution in [0.5, 0.6) is 0 Å². The predicted octanol–water partition coefficient (Wildman–Crippen LogP) is 2.38. The maximum atomic E-state index is 12.3. The number of amides is 2. The van der Waals surface area contributed by atoms with Crippen molar-refractivity contribution in [2.45, 2.75) is 32.2 Å². The lowest BCUT2D eigenvalue weighted by Crippen LogP contribution is -2.45. The van der Waals surface area contributed by atoms with Gasteiger partial charge in [0, 0.05) is 31.2 Å². The van der Waals surface area contributed by atoms with Crippen molar-refractivity contribution in [2.24, 2.45) is 5.92 Å². The van der Waals surface area contributed by atoms with E-state index in [9.17, 15) is 9.59 Å². The molecule has 1 aliphatic heterocycles. The van der Waals surface area contributed by atoms with E-state index in [0.29, 0.717) is 24.7 Å². The van der Waals surface area contributed by atoms with Crippen LogP contribution in [-0.2, 0) is 14.3 Å². The maximum Gasteiger partial charge on any atom is 0.234 e. The van der Waals surface area contributed by atoms with Crippen LogP contribution in [0.25, 0.3) is 0 Å². The zero-order valence-corrected chi connectivity index (χ0v) is 16.9. The lowest BCUT2D eigenvalue weighted by molar-refractivity contribution is -0.127.